The minimum absolute atomic E-state index is 0.147. The van der Waals surface area contributed by atoms with Crippen molar-refractivity contribution in [2.45, 2.75) is 180 Å². The van der Waals surface area contributed by atoms with Gasteiger partial charge in [0.1, 0.15) is 12.6 Å². The number of aliphatic carboxylic acids is 1. The number of carboxylic acids is 1. The van der Waals surface area contributed by atoms with Gasteiger partial charge in [-0.15, -0.1) is 0 Å². The van der Waals surface area contributed by atoms with E-state index in [4.69, 9.17) is 24.8 Å². The van der Waals surface area contributed by atoms with Crippen LogP contribution >= 0.6 is 7.82 Å². The number of hydrogen-bond donors (Lipinski definition) is 3. The third kappa shape index (κ3) is 34.8. The van der Waals surface area contributed by atoms with Crippen LogP contribution in [-0.4, -0.2) is 59.9 Å². The summed E-state index contributed by atoms with van der Waals surface area (Å²) < 4.78 is 32.5. The number of phosphoric ester groups is 1. The average Bonchev–Trinajstić information content (AvgIpc) is 3.12. The molecule has 0 heterocycles. The van der Waals surface area contributed by atoms with Crippen LogP contribution in [0, 0.1) is 0 Å². The molecule has 302 valence electrons. The number of carboxylic acid groups (broad SMARTS) is 1. The summed E-state index contributed by atoms with van der Waals surface area (Å²) in [6.45, 7) is 2.72. The van der Waals surface area contributed by atoms with Crippen LogP contribution < -0.4 is 5.73 Å². The number of unbranched alkanes of at least 4 members (excludes halogenated alkanes) is 17. The Kier molecular flexibility index (Phi) is 34.1. The molecule has 0 saturated carbocycles. The molecule has 0 aliphatic rings. The van der Waals surface area contributed by atoms with E-state index in [0.29, 0.717) is 12.8 Å². The molecule has 11 nitrogen and oxygen atoms in total. The molecule has 52 heavy (non-hydrogen) atoms. The maximum Gasteiger partial charge on any atom is 0.472 e. The molecule has 0 radical (unpaired) electrons. The van der Waals surface area contributed by atoms with E-state index in [9.17, 15) is 23.8 Å². The third-order valence-corrected chi connectivity index (χ3v) is 9.34. The SMILES string of the molecule is CCCCC/C=C\C/C=C\C/C=C\CCCCCCCCC(=O)OC(COC(=O)CCCCCCCCCCC)COP(=O)(O)OCC(N)C(=O)O. The number of nitrogens with two attached hydrogens (primary N) is 1. The zero-order valence-corrected chi connectivity index (χ0v) is 33.3. The molecule has 3 unspecified atom stereocenters. The molecular formula is C40H72NO10P. The van der Waals surface area contributed by atoms with E-state index >= 15 is 0 Å². The summed E-state index contributed by atoms with van der Waals surface area (Å²) in [5.74, 6) is -2.40. The molecule has 0 saturated heterocycles. The second kappa shape index (κ2) is 35.7. The van der Waals surface area contributed by atoms with Gasteiger partial charge in [0.15, 0.2) is 6.10 Å². The highest BCUT2D eigenvalue weighted by Crippen LogP contribution is 2.43. The van der Waals surface area contributed by atoms with E-state index in [1.165, 1.54) is 57.8 Å². The Bertz CT molecular complexity index is 1030. The Morgan fingerprint density at radius 3 is 1.56 bits per heavy atom. The molecule has 0 aliphatic heterocycles. The molecule has 0 fully saturated rings. The lowest BCUT2D eigenvalue weighted by Gasteiger charge is -2.20. The van der Waals surface area contributed by atoms with Crippen molar-refractivity contribution in [3.8, 4) is 0 Å². The Morgan fingerprint density at radius 2 is 1.02 bits per heavy atom. The zero-order valence-electron chi connectivity index (χ0n) is 32.4. The van der Waals surface area contributed by atoms with Crippen molar-refractivity contribution >= 4 is 25.7 Å². The predicted octanol–water partition coefficient (Wildman–Crippen LogP) is 10.1. The molecule has 0 spiro atoms. The van der Waals surface area contributed by atoms with E-state index in [2.05, 4.69) is 54.8 Å². The van der Waals surface area contributed by atoms with Gasteiger partial charge in [0.25, 0.3) is 0 Å². The van der Waals surface area contributed by atoms with Crippen LogP contribution in [0.1, 0.15) is 168 Å². The van der Waals surface area contributed by atoms with Crippen molar-refractivity contribution in [3.63, 3.8) is 0 Å². The first-order chi connectivity index (χ1) is 25.1. The van der Waals surface area contributed by atoms with E-state index in [-0.39, 0.29) is 19.4 Å². The topological polar surface area (TPSA) is 172 Å². The molecule has 0 aromatic heterocycles. The number of allylic oxidation sites excluding steroid dienone is 6. The van der Waals surface area contributed by atoms with Gasteiger partial charge in [-0.05, 0) is 51.4 Å². The van der Waals surface area contributed by atoms with Crippen molar-refractivity contribution < 1.29 is 47.5 Å². The first-order valence-electron chi connectivity index (χ1n) is 20.0. The maximum absolute atomic E-state index is 12.6. The summed E-state index contributed by atoms with van der Waals surface area (Å²) in [7, 11) is -4.71. The highest BCUT2D eigenvalue weighted by Gasteiger charge is 2.28. The smallest absolute Gasteiger partial charge is 0.472 e. The Hall–Kier alpha value is -2.30. The molecule has 0 rings (SSSR count). The van der Waals surface area contributed by atoms with Gasteiger partial charge in [0.2, 0.25) is 0 Å². The van der Waals surface area contributed by atoms with Crippen LogP contribution in [0.4, 0.5) is 0 Å². The quantitative estimate of drug-likeness (QED) is 0.0238. The largest absolute Gasteiger partial charge is 0.480 e. The summed E-state index contributed by atoms with van der Waals surface area (Å²) in [5, 5.41) is 8.86. The summed E-state index contributed by atoms with van der Waals surface area (Å²) in [6, 6.07) is -1.52. The van der Waals surface area contributed by atoms with E-state index in [1.807, 2.05) is 0 Å². The maximum atomic E-state index is 12.6. The van der Waals surface area contributed by atoms with Crippen molar-refractivity contribution in [2.24, 2.45) is 5.73 Å². The molecule has 12 heteroatoms. The first kappa shape index (κ1) is 49.7. The van der Waals surface area contributed by atoms with Crippen molar-refractivity contribution in [1.29, 1.82) is 0 Å². The van der Waals surface area contributed by atoms with Crippen molar-refractivity contribution in [1.82, 2.24) is 0 Å². The van der Waals surface area contributed by atoms with Gasteiger partial charge in [-0.2, -0.15) is 0 Å². The predicted molar refractivity (Wildman–Crippen MR) is 208 cm³/mol. The van der Waals surface area contributed by atoms with Crippen molar-refractivity contribution in [3.05, 3.63) is 36.5 Å². The average molecular weight is 758 g/mol. The van der Waals surface area contributed by atoms with Crippen LogP contribution in [0.3, 0.4) is 0 Å². The normalized spacial score (nSPS) is 14.2. The fourth-order valence-corrected chi connectivity index (χ4v) is 5.97. The molecule has 0 aromatic rings. The molecule has 3 atom stereocenters. The minimum atomic E-state index is -4.71. The van der Waals surface area contributed by atoms with Gasteiger partial charge < -0.3 is 25.2 Å². The number of esters is 2. The summed E-state index contributed by atoms with van der Waals surface area (Å²) in [5.41, 5.74) is 5.31. The van der Waals surface area contributed by atoms with Crippen LogP contribution in [-0.2, 0) is 37.5 Å². The minimum Gasteiger partial charge on any atom is -0.480 e. The van der Waals surface area contributed by atoms with Gasteiger partial charge in [-0.25, -0.2) is 4.57 Å². The second-order valence-electron chi connectivity index (χ2n) is 13.4. The lowest BCUT2D eigenvalue weighted by atomic mass is 10.1. The molecule has 4 N–H and O–H groups in total. The highest BCUT2D eigenvalue weighted by molar-refractivity contribution is 7.47. The Morgan fingerprint density at radius 1 is 0.596 bits per heavy atom. The standard InChI is InChI=1S/C40H72NO10P/c1-3-5-7-9-11-13-14-15-16-17-18-19-20-21-22-24-26-28-30-32-39(43)51-36(34-49-52(46,47)50-35-37(41)40(44)45)33-48-38(42)31-29-27-25-23-12-10-8-6-4-2/h11,13,15-16,18-19,36-37H,3-10,12,14,17,20-35,41H2,1-2H3,(H,44,45)(H,46,47)/b13-11-,16-15-,19-18-. The Labute approximate surface area is 314 Å². The highest BCUT2D eigenvalue weighted by atomic mass is 31.2. The second-order valence-corrected chi connectivity index (χ2v) is 14.9. The fraction of sp³-hybridized carbons (Fsp3) is 0.775. The molecule has 0 aliphatic carbocycles. The number of rotatable bonds is 37. The zero-order chi connectivity index (χ0) is 38.5. The summed E-state index contributed by atoms with van der Waals surface area (Å²) >= 11 is 0. The third-order valence-electron chi connectivity index (χ3n) is 8.39. The molecule has 0 bridgehead atoms. The van der Waals surface area contributed by atoms with Gasteiger partial charge in [-0.3, -0.25) is 23.4 Å². The molecule has 0 amide bonds. The van der Waals surface area contributed by atoms with Crippen LogP contribution in [0.2, 0.25) is 0 Å². The lowest BCUT2D eigenvalue weighted by molar-refractivity contribution is -0.161. The van der Waals surface area contributed by atoms with E-state index in [0.717, 1.165) is 70.6 Å². The van der Waals surface area contributed by atoms with Gasteiger partial charge >= 0.3 is 25.7 Å². The Balaban J connectivity index is 4.39. The van der Waals surface area contributed by atoms with Gasteiger partial charge in [-0.1, -0.05) is 140 Å². The number of ether oxygens (including phenoxy) is 2. The molecule has 0 aromatic carbocycles. The van der Waals surface area contributed by atoms with Crippen LogP contribution in [0.5, 0.6) is 0 Å². The summed E-state index contributed by atoms with van der Waals surface area (Å²) in [4.78, 5) is 45.7. The fourth-order valence-electron chi connectivity index (χ4n) is 5.19. The molecular weight excluding hydrogens is 685 g/mol. The van der Waals surface area contributed by atoms with E-state index < -0.39 is 51.1 Å². The van der Waals surface area contributed by atoms with E-state index in [1.54, 1.807) is 0 Å². The number of hydrogen-bond acceptors (Lipinski definition) is 9. The lowest BCUT2D eigenvalue weighted by Crippen LogP contribution is -2.34. The van der Waals surface area contributed by atoms with Gasteiger partial charge in [0, 0.05) is 12.8 Å². The number of carbonyl (C=O) groups is 3. The van der Waals surface area contributed by atoms with Gasteiger partial charge in [0.05, 0.1) is 13.2 Å². The van der Waals surface area contributed by atoms with Crippen LogP contribution in [0.25, 0.3) is 0 Å². The van der Waals surface area contributed by atoms with Crippen LogP contribution in [0.15, 0.2) is 36.5 Å². The first-order valence-corrected chi connectivity index (χ1v) is 21.5. The number of phosphoric acid groups is 1. The number of carbonyl (C=O) groups excluding carboxylic acids is 2. The van der Waals surface area contributed by atoms with Crippen molar-refractivity contribution in [2.75, 3.05) is 19.8 Å². The summed E-state index contributed by atoms with van der Waals surface area (Å²) in [6.07, 6.45) is 36.5. The monoisotopic (exact) mass is 757 g/mol.